The first kappa shape index (κ1) is 17.2. The van der Waals surface area contributed by atoms with Crippen molar-refractivity contribution >= 4 is 29.0 Å². The molecular weight excluding hydrogens is 299 g/mol. The number of hydrogen-bond acceptors (Lipinski definition) is 6. The van der Waals surface area contributed by atoms with E-state index in [2.05, 4.69) is 10.7 Å². The maximum absolute atomic E-state index is 13.5. The highest BCUT2D eigenvalue weighted by Crippen LogP contribution is 2.25. The van der Waals surface area contributed by atoms with E-state index in [1.807, 2.05) is 6.26 Å². The van der Waals surface area contributed by atoms with Gasteiger partial charge in [0.2, 0.25) is 0 Å². The number of thioether (sulfide) groups is 1. The monoisotopic (exact) mass is 316 g/mol. The molecule has 0 aromatic heterocycles. The number of nitrogen functional groups attached to an aromatic ring is 1. The van der Waals surface area contributed by atoms with Crippen LogP contribution in [0.5, 0.6) is 0 Å². The molecule has 4 N–H and O–H groups in total. The summed E-state index contributed by atoms with van der Waals surface area (Å²) in [6.45, 7) is 0.402. The normalized spacial score (nSPS) is 10.2. The zero-order valence-corrected chi connectivity index (χ0v) is 12.3. The van der Waals surface area contributed by atoms with Crippen LogP contribution in [0.3, 0.4) is 0 Å². The standard InChI is InChI=1S/C12H17FN4O3S/c1-21-5-3-2-4-15-12(18)8-6-10(16-14)9(13)7-11(8)17(19)20/h6-7,16H,2-5,14H2,1H3,(H,15,18). The van der Waals surface area contributed by atoms with Gasteiger partial charge in [0.25, 0.3) is 11.6 Å². The molecule has 1 amide bonds. The summed E-state index contributed by atoms with van der Waals surface area (Å²) in [5.41, 5.74) is 1.07. The number of nitrogens with zero attached hydrogens (tertiary/aromatic N) is 1. The van der Waals surface area contributed by atoms with Gasteiger partial charge in [-0.05, 0) is 30.9 Å². The summed E-state index contributed by atoms with van der Waals surface area (Å²) in [4.78, 5) is 22.1. The first-order chi connectivity index (χ1) is 10.0. The third-order valence-corrected chi connectivity index (χ3v) is 3.44. The van der Waals surface area contributed by atoms with Crippen molar-refractivity contribution in [3.05, 3.63) is 33.6 Å². The summed E-state index contributed by atoms with van der Waals surface area (Å²) in [6.07, 6.45) is 3.69. The van der Waals surface area contributed by atoms with Gasteiger partial charge in [0.15, 0.2) is 5.82 Å². The molecule has 0 aliphatic carbocycles. The molecule has 9 heteroatoms. The Hall–Kier alpha value is -1.87. The average Bonchev–Trinajstić information content (AvgIpc) is 2.46. The summed E-state index contributed by atoms with van der Waals surface area (Å²) < 4.78 is 13.5. The van der Waals surface area contributed by atoms with Gasteiger partial charge in [0.05, 0.1) is 16.7 Å². The van der Waals surface area contributed by atoms with Crippen molar-refractivity contribution in [3.63, 3.8) is 0 Å². The van der Waals surface area contributed by atoms with Gasteiger partial charge in [-0.2, -0.15) is 11.8 Å². The number of halogens is 1. The lowest BCUT2D eigenvalue weighted by Gasteiger charge is -2.08. The second kappa shape index (κ2) is 8.42. The van der Waals surface area contributed by atoms with E-state index >= 15 is 0 Å². The molecule has 0 saturated heterocycles. The van der Waals surface area contributed by atoms with Crippen LogP contribution in [0, 0.1) is 15.9 Å². The molecule has 1 rings (SSSR count). The van der Waals surface area contributed by atoms with Gasteiger partial charge < -0.3 is 10.7 Å². The lowest BCUT2D eigenvalue weighted by molar-refractivity contribution is -0.385. The molecular formula is C12H17FN4O3S. The van der Waals surface area contributed by atoms with Crippen molar-refractivity contribution in [1.82, 2.24) is 5.32 Å². The van der Waals surface area contributed by atoms with Crippen molar-refractivity contribution in [2.24, 2.45) is 5.84 Å². The van der Waals surface area contributed by atoms with Crippen LogP contribution in [-0.2, 0) is 0 Å². The number of carbonyl (C=O) groups excluding carboxylic acids is 1. The Morgan fingerprint density at radius 1 is 1.48 bits per heavy atom. The summed E-state index contributed by atoms with van der Waals surface area (Å²) in [5, 5.41) is 13.5. The van der Waals surface area contributed by atoms with Gasteiger partial charge >= 0.3 is 0 Å². The molecule has 0 spiro atoms. The molecule has 116 valence electrons. The van der Waals surface area contributed by atoms with Gasteiger partial charge in [-0.25, -0.2) is 4.39 Å². The van der Waals surface area contributed by atoms with Gasteiger partial charge in [0.1, 0.15) is 5.56 Å². The minimum atomic E-state index is -0.888. The molecule has 0 fully saturated rings. The van der Waals surface area contributed by atoms with Gasteiger partial charge in [-0.15, -0.1) is 0 Å². The number of carbonyl (C=O) groups is 1. The molecule has 0 aliphatic heterocycles. The summed E-state index contributed by atoms with van der Waals surface area (Å²) >= 11 is 1.70. The van der Waals surface area contributed by atoms with E-state index in [9.17, 15) is 19.3 Å². The highest BCUT2D eigenvalue weighted by atomic mass is 32.2. The second-order valence-corrected chi connectivity index (χ2v) is 5.19. The Kier molecular flexibility index (Phi) is 6.89. The molecule has 0 aliphatic rings. The van der Waals surface area contributed by atoms with Gasteiger partial charge in [0, 0.05) is 6.54 Å². The largest absolute Gasteiger partial charge is 0.352 e. The quantitative estimate of drug-likeness (QED) is 0.292. The zero-order valence-electron chi connectivity index (χ0n) is 11.5. The maximum Gasteiger partial charge on any atom is 0.285 e. The highest BCUT2D eigenvalue weighted by Gasteiger charge is 2.23. The third kappa shape index (κ3) is 4.87. The molecule has 0 unspecified atom stereocenters. The Bertz CT molecular complexity index is 527. The van der Waals surface area contributed by atoms with Crippen LogP contribution < -0.4 is 16.6 Å². The number of amides is 1. The molecule has 0 heterocycles. The van der Waals surface area contributed by atoms with E-state index in [1.54, 1.807) is 11.8 Å². The number of hydrogen-bond donors (Lipinski definition) is 3. The molecule has 1 aromatic carbocycles. The van der Waals surface area contributed by atoms with Gasteiger partial charge in [-0.1, -0.05) is 0 Å². The average molecular weight is 316 g/mol. The van der Waals surface area contributed by atoms with E-state index in [0.717, 1.165) is 24.7 Å². The third-order valence-electron chi connectivity index (χ3n) is 2.74. The topological polar surface area (TPSA) is 110 Å². The van der Waals surface area contributed by atoms with E-state index in [1.165, 1.54) is 0 Å². The van der Waals surface area contributed by atoms with Crippen molar-refractivity contribution in [2.45, 2.75) is 12.8 Å². The lowest BCUT2D eigenvalue weighted by atomic mass is 10.1. The molecule has 0 saturated carbocycles. The summed E-state index contributed by atoms with van der Waals surface area (Å²) in [6, 6.07) is 1.71. The SMILES string of the molecule is CSCCCCNC(=O)c1cc(NN)c(F)cc1[N+](=O)[O-]. The van der Waals surface area contributed by atoms with Crippen molar-refractivity contribution in [2.75, 3.05) is 24.0 Å². The smallest absolute Gasteiger partial charge is 0.285 e. The van der Waals surface area contributed by atoms with Crippen LogP contribution in [0.4, 0.5) is 15.8 Å². The Morgan fingerprint density at radius 2 is 2.19 bits per heavy atom. The number of nitrogens with one attached hydrogen (secondary N) is 2. The first-order valence-electron chi connectivity index (χ1n) is 6.23. The molecule has 21 heavy (non-hydrogen) atoms. The van der Waals surface area contributed by atoms with Crippen LogP contribution in [0.1, 0.15) is 23.2 Å². The molecule has 0 radical (unpaired) electrons. The molecule has 0 bridgehead atoms. The van der Waals surface area contributed by atoms with E-state index < -0.39 is 22.3 Å². The summed E-state index contributed by atoms with van der Waals surface area (Å²) in [7, 11) is 0. The predicted octanol–water partition coefficient (Wildman–Crippen LogP) is 1.89. The van der Waals surface area contributed by atoms with Crippen LogP contribution in [-0.4, -0.2) is 29.4 Å². The van der Waals surface area contributed by atoms with Crippen LogP contribution in [0.2, 0.25) is 0 Å². The second-order valence-electron chi connectivity index (χ2n) is 4.21. The van der Waals surface area contributed by atoms with E-state index in [0.29, 0.717) is 12.6 Å². The minimum absolute atomic E-state index is 0.173. The Labute approximate surface area is 125 Å². The maximum atomic E-state index is 13.5. The van der Waals surface area contributed by atoms with Crippen LogP contribution in [0.25, 0.3) is 0 Å². The van der Waals surface area contributed by atoms with E-state index in [4.69, 9.17) is 5.84 Å². The number of anilines is 1. The number of nitro benzene ring substituents is 1. The first-order valence-corrected chi connectivity index (χ1v) is 7.62. The zero-order chi connectivity index (χ0) is 15.8. The number of benzene rings is 1. The molecule has 7 nitrogen and oxygen atoms in total. The van der Waals surface area contributed by atoms with Gasteiger partial charge in [-0.3, -0.25) is 20.8 Å². The number of unbranched alkanes of at least 4 members (excludes halogenated alkanes) is 1. The Morgan fingerprint density at radius 3 is 2.76 bits per heavy atom. The minimum Gasteiger partial charge on any atom is -0.352 e. The fourth-order valence-electron chi connectivity index (χ4n) is 1.67. The number of nitro groups is 1. The van der Waals surface area contributed by atoms with Crippen molar-refractivity contribution < 1.29 is 14.1 Å². The van der Waals surface area contributed by atoms with Crippen LogP contribution >= 0.6 is 11.8 Å². The lowest BCUT2D eigenvalue weighted by Crippen LogP contribution is -2.26. The van der Waals surface area contributed by atoms with Crippen LogP contribution in [0.15, 0.2) is 12.1 Å². The summed E-state index contributed by atoms with van der Waals surface area (Å²) in [5.74, 6) is 4.58. The Balaban J connectivity index is 2.84. The number of rotatable bonds is 8. The van der Waals surface area contributed by atoms with Crippen molar-refractivity contribution in [1.29, 1.82) is 0 Å². The fraction of sp³-hybridized carbons (Fsp3) is 0.417. The molecule has 1 aromatic rings. The number of hydrazine groups is 1. The fourth-order valence-corrected chi connectivity index (χ4v) is 2.17. The number of nitrogens with two attached hydrogens (primary N) is 1. The highest BCUT2D eigenvalue weighted by molar-refractivity contribution is 7.98. The van der Waals surface area contributed by atoms with E-state index in [-0.39, 0.29) is 11.3 Å². The molecule has 0 atom stereocenters. The predicted molar refractivity (Wildman–Crippen MR) is 80.8 cm³/mol. The van der Waals surface area contributed by atoms with Crippen molar-refractivity contribution in [3.8, 4) is 0 Å².